The van der Waals surface area contributed by atoms with E-state index in [-0.39, 0.29) is 43.9 Å². The van der Waals surface area contributed by atoms with Crippen molar-refractivity contribution >= 4 is 25.5 Å². The van der Waals surface area contributed by atoms with Crippen molar-refractivity contribution in [2.24, 2.45) is 0 Å². The van der Waals surface area contributed by atoms with Crippen LogP contribution in [0.2, 0.25) is 0 Å². The van der Waals surface area contributed by atoms with Gasteiger partial charge in [0, 0.05) is 17.6 Å². The molecule has 0 amide bonds. The minimum Gasteiger partial charge on any atom is -0.497 e. The fourth-order valence-electron chi connectivity index (χ4n) is 7.95. The Balaban J connectivity index is 1.31. The second-order valence-electron chi connectivity index (χ2n) is 15.6. The molecule has 1 aliphatic heterocycles. The van der Waals surface area contributed by atoms with Gasteiger partial charge in [-0.1, -0.05) is 84.9 Å². The number of rotatable bonds is 20. The molecule has 0 bridgehead atoms. The maximum absolute atomic E-state index is 17.7. The zero-order chi connectivity index (χ0) is 44.5. The molecule has 3 heterocycles. The van der Waals surface area contributed by atoms with Crippen molar-refractivity contribution in [3.05, 3.63) is 150 Å². The average molecular weight is 875 g/mol. The van der Waals surface area contributed by atoms with Crippen LogP contribution in [0.15, 0.2) is 122 Å². The molecule has 1 aliphatic rings. The molecular formula is C48H52FN6O7P. The molecule has 5 atom stereocenters. The van der Waals surface area contributed by atoms with E-state index in [0.29, 0.717) is 33.9 Å². The SMILES string of the molecule is COc1ccc(C(OC[C@H]2O[C@@H](n3cnc4c(CC(=O)c5ccccc5)ncnc43)[C@H](F)[C@@H]2OP(OCCC#N)N(C(C)C)C(C)C)(c2ccccc2)c2ccc(OC)cc2)cc1. The third kappa shape index (κ3) is 9.80. The average Bonchev–Trinajstić information content (AvgIpc) is 3.87. The third-order valence-corrected chi connectivity index (χ3v) is 13.0. The van der Waals surface area contributed by atoms with Crippen LogP contribution in [-0.4, -0.2) is 87.9 Å². The lowest BCUT2D eigenvalue weighted by atomic mass is 9.80. The molecule has 1 saturated heterocycles. The molecule has 15 heteroatoms. The normalized spacial score (nSPS) is 18.2. The number of imidazole rings is 1. The van der Waals surface area contributed by atoms with Crippen LogP contribution in [0.4, 0.5) is 4.39 Å². The van der Waals surface area contributed by atoms with Gasteiger partial charge in [-0.25, -0.2) is 24.0 Å². The van der Waals surface area contributed by atoms with Gasteiger partial charge < -0.3 is 28.0 Å². The molecule has 1 unspecified atom stereocenters. The molecule has 0 N–H and O–H groups in total. The largest absolute Gasteiger partial charge is 0.497 e. The molecule has 4 aromatic carbocycles. The molecular weight excluding hydrogens is 823 g/mol. The Morgan fingerprint density at radius 1 is 0.857 bits per heavy atom. The van der Waals surface area contributed by atoms with Crippen LogP contribution < -0.4 is 9.47 Å². The maximum atomic E-state index is 17.7. The van der Waals surface area contributed by atoms with Gasteiger partial charge in [-0.15, -0.1) is 0 Å². The summed E-state index contributed by atoms with van der Waals surface area (Å²) in [5, 5.41) is 9.42. The number of aromatic nitrogens is 4. The molecule has 0 spiro atoms. The van der Waals surface area contributed by atoms with Crippen molar-refractivity contribution in [1.82, 2.24) is 24.2 Å². The van der Waals surface area contributed by atoms with E-state index >= 15 is 4.39 Å². The van der Waals surface area contributed by atoms with Crippen molar-refractivity contribution in [2.45, 2.75) is 82.8 Å². The third-order valence-electron chi connectivity index (χ3n) is 10.9. The lowest BCUT2D eigenvalue weighted by Crippen LogP contribution is -2.41. The van der Waals surface area contributed by atoms with Gasteiger partial charge in [-0.2, -0.15) is 5.26 Å². The van der Waals surface area contributed by atoms with E-state index in [1.807, 2.05) is 117 Å². The summed E-state index contributed by atoms with van der Waals surface area (Å²) >= 11 is 0. The summed E-state index contributed by atoms with van der Waals surface area (Å²) in [6, 6.07) is 36.0. The first kappa shape index (κ1) is 45.4. The van der Waals surface area contributed by atoms with Gasteiger partial charge in [0.2, 0.25) is 0 Å². The molecule has 0 saturated carbocycles. The summed E-state index contributed by atoms with van der Waals surface area (Å²) in [6.45, 7) is 8.00. The zero-order valence-electron chi connectivity index (χ0n) is 36.2. The van der Waals surface area contributed by atoms with E-state index in [9.17, 15) is 10.1 Å². The number of alkyl halides is 1. The van der Waals surface area contributed by atoms with Gasteiger partial charge in [0.05, 0.1) is 58.4 Å². The minimum atomic E-state index is -1.92. The zero-order valence-corrected chi connectivity index (χ0v) is 37.1. The Hall–Kier alpha value is -5.65. The summed E-state index contributed by atoms with van der Waals surface area (Å²) in [6.07, 6.45) is -2.44. The van der Waals surface area contributed by atoms with Crippen molar-refractivity contribution in [3.8, 4) is 17.6 Å². The number of Topliss-reactive ketones (excluding diaryl/α,β-unsaturated/α-hetero) is 1. The van der Waals surface area contributed by atoms with Crippen molar-refractivity contribution in [2.75, 3.05) is 27.4 Å². The number of carbonyl (C=O) groups is 1. The van der Waals surface area contributed by atoms with Crippen LogP contribution in [0, 0.1) is 11.3 Å². The van der Waals surface area contributed by atoms with E-state index < -0.39 is 38.7 Å². The van der Waals surface area contributed by atoms with Gasteiger partial charge in [0.25, 0.3) is 8.53 Å². The topological polar surface area (TPSA) is 143 Å². The smallest absolute Gasteiger partial charge is 0.259 e. The highest BCUT2D eigenvalue weighted by molar-refractivity contribution is 7.44. The standard InChI is InChI=1S/C48H52FN6O7P/c1-32(2)55(33(3)4)63(60-27-13-26-50)62-45-42(61-47(43(45)49)54-31-53-44-40(51-30-52-46(44)54)28-41(56)34-14-9-7-10-15-34)29-59-48(35-16-11-8-12-17-35,36-18-22-38(57-5)23-19-36)37-20-24-39(58-6)25-21-37/h7-12,14-25,30-33,42-43,45,47H,13,27-29H2,1-6H3/t42-,43-,45-,47-,63?/m1/s1. The summed E-state index contributed by atoms with van der Waals surface area (Å²) in [5.41, 5.74) is 2.72. The maximum Gasteiger partial charge on any atom is 0.259 e. The molecule has 6 aromatic rings. The van der Waals surface area contributed by atoms with E-state index in [1.165, 1.54) is 17.2 Å². The number of hydrogen-bond donors (Lipinski definition) is 0. The number of methoxy groups -OCH3 is 2. The highest BCUT2D eigenvalue weighted by Crippen LogP contribution is 2.51. The molecule has 7 rings (SSSR count). The van der Waals surface area contributed by atoms with Crippen LogP contribution in [0.25, 0.3) is 11.2 Å². The minimum absolute atomic E-state index is 0.0321. The Morgan fingerprint density at radius 2 is 1.44 bits per heavy atom. The summed E-state index contributed by atoms with van der Waals surface area (Å²) < 4.78 is 59.5. The summed E-state index contributed by atoms with van der Waals surface area (Å²) in [7, 11) is 1.30. The van der Waals surface area contributed by atoms with E-state index in [1.54, 1.807) is 38.5 Å². The quantitative estimate of drug-likeness (QED) is 0.0312. The van der Waals surface area contributed by atoms with E-state index in [4.69, 9.17) is 28.0 Å². The fraction of sp³-hybridized carbons (Fsp3) is 0.354. The number of ketones is 1. The van der Waals surface area contributed by atoms with Crippen molar-refractivity contribution in [3.63, 3.8) is 0 Å². The van der Waals surface area contributed by atoms with Gasteiger partial charge in [0.15, 0.2) is 23.8 Å². The monoisotopic (exact) mass is 874 g/mol. The van der Waals surface area contributed by atoms with Crippen LogP contribution in [0.1, 0.15) is 73.1 Å². The van der Waals surface area contributed by atoms with Gasteiger partial charge in [-0.05, 0) is 68.7 Å². The fourth-order valence-corrected chi connectivity index (χ4v) is 9.72. The number of carbonyl (C=O) groups excluding carboxylic acids is 1. The lowest BCUT2D eigenvalue weighted by Gasteiger charge is -2.39. The molecule has 2 aromatic heterocycles. The molecule has 63 heavy (non-hydrogen) atoms. The van der Waals surface area contributed by atoms with E-state index in [0.717, 1.165) is 16.7 Å². The van der Waals surface area contributed by atoms with Crippen LogP contribution in [0.3, 0.4) is 0 Å². The first-order valence-corrected chi connectivity index (χ1v) is 22.0. The van der Waals surface area contributed by atoms with Gasteiger partial charge in [0.1, 0.15) is 41.2 Å². The highest BCUT2D eigenvalue weighted by Gasteiger charge is 2.51. The predicted molar refractivity (Wildman–Crippen MR) is 237 cm³/mol. The second kappa shape index (κ2) is 20.7. The predicted octanol–water partition coefficient (Wildman–Crippen LogP) is 9.17. The Bertz CT molecular complexity index is 2400. The van der Waals surface area contributed by atoms with E-state index in [2.05, 4.69) is 21.0 Å². The summed E-state index contributed by atoms with van der Waals surface area (Å²) in [5.74, 6) is 1.19. The first-order chi connectivity index (χ1) is 30.6. The Kier molecular flexibility index (Phi) is 14.9. The number of nitrogens with zero attached hydrogens (tertiary/aromatic N) is 6. The number of nitriles is 1. The van der Waals surface area contributed by atoms with Crippen molar-refractivity contribution in [1.29, 1.82) is 5.26 Å². The number of hydrogen-bond acceptors (Lipinski definition) is 12. The van der Waals surface area contributed by atoms with Gasteiger partial charge >= 0.3 is 0 Å². The first-order valence-electron chi connectivity index (χ1n) is 20.9. The van der Waals surface area contributed by atoms with Crippen LogP contribution >= 0.6 is 8.53 Å². The second-order valence-corrected chi connectivity index (χ2v) is 17.0. The van der Waals surface area contributed by atoms with Crippen LogP contribution in [0.5, 0.6) is 11.5 Å². The van der Waals surface area contributed by atoms with Crippen molar-refractivity contribution < 1.29 is 37.2 Å². The lowest BCUT2D eigenvalue weighted by molar-refractivity contribution is -0.0919. The summed E-state index contributed by atoms with van der Waals surface area (Å²) in [4.78, 5) is 26.8. The Labute approximate surface area is 368 Å². The number of benzene rings is 4. The van der Waals surface area contributed by atoms with Crippen LogP contribution in [-0.2, 0) is 30.5 Å². The molecule has 13 nitrogen and oxygen atoms in total. The molecule has 1 fully saturated rings. The molecule has 0 aliphatic carbocycles. The number of ether oxygens (including phenoxy) is 4. The highest BCUT2D eigenvalue weighted by atomic mass is 31.2. The number of fused-ring (bicyclic) bond motifs is 1. The Morgan fingerprint density at radius 3 is 2.02 bits per heavy atom. The molecule has 0 radical (unpaired) electrons. The number of halogens is 1. The molecule has 328 valence electrons. The van der Waals surface area contributed by atoms with Gasteiger partial charge in [-0.3, -0.25) is 9.36 Å².